The van der Waals surface area contributed by atoms with Crippen molar-refractivity contribution in [1.29, 1.82) is 0 Å². The third-order valence-corrected chi connectivity index (χ3v) is 3.53. The second kappa shape index (κ2) is 7.88. The number of hydrogen-bond donors (Lipinski definition) is 1. The van der Waals surface area contributed by atoms with E-state index in [1.165, 1.54) is 16.8 Å². The zero-order valence-corrected chi connectivity index (χ0v) is 12.4. The molecular formula is C17H24N2O. The number of aromatic nitrogens is 1. The van der Waals surface area contributed by atoms with Crippen LogP contribution >= 0.6 is 0 Å². The van der Waals surface area contributed by atoms with Gasteiger partial charge in [0.05, 0.1) is 0 Å². The molecule has 1 aromatic heterocycles. The summed E-state index contributed by atoms with van der Waals surface area (Å²) in [4.78, 5) is 0. The molecule has 0 aliphatic carbocycles. The van der Waals surface area contributed by atoms with Crippen molar-refractivity contribution in [2.24, 2.45) is 0 Å². The Morgan fingerprint density at radius 3 is 2.80 bits per heavy atom. The van der Waals surface area contributed by atoms with Crippen LogP contribution in [0.1, 0.15) is 23.2 Å². The van der Waals surface area contributed by atoms with Crippen molar-refractivity contribution in [1.82, 2.24) is 9.88 Å². The molecule has 0 aliphatic rings. The van der Waals surface area contributed by atoms with Crippen molar-refractivity contribution in [2.45, 2.75) is 26.4 Å². The van der Waals surface area contributed by atoms with Crippen LogP contribution in [-0.4, -0.2) is 24.8 Å². The van der Waals surface area contributed by atoms with E-state index >= 15 is 0 Å². The van der Waals surface area contributed by atoms with Crippen molar-refractivity contribution in [2.75, 3.05) is 20.3 Å². The molecule has 3 heteroatoms. The lowest BCUT2D eigenvalue weighted by Crippen LogP contribution is -2.18. The number of aryl methyl sites for hydroxylation is 1. The first-order valence-corrected chi connectivity index (χ1v) is 7.19. The summed E-state index contributed by atoms with van der Waals surface area (Å²) in [5.41, 5.74) is 4.05. The van der Waals surface area contributed by atoms with Gasteiger partial charge in [0.25, 0.3) is 0 Å². The average Bonchev–Trinajstić information content (AvgIpc) is 2.89. The zero-order valence-electron chi connectivity index (χ0n) is 12.4. The summed E-state index contributed by atoms with van der Waals surface area (Å²) < 4.78 is 7.36. The van der Waals surface area contributed by atoms with Crippen molar-refractivity contribution >= 4 is 0 Å². The van der Waals surface area contributed by atoms with Crippen molar-refractivity contribution in [3.05, 3.63) is 59.4 Å². The zero-order chi connectivity index (χ0) is 14.2. The lowest BCUT2D eigenvalue weighted by atomic mass is 10.1. The predicted octanol–water partition coefficient (Wildman–Crippen LogP) is 2.97. The lowest BCUT2D eigenvalue weighted by molar-refractivity contribution is 0.194. The summed E-state index contributed by atoms with van der Waals surface area (Å²) in [5.74, 6) is 0. The smallest absolute Gasteiger partial charge is 0.0476 e. The molecule has 0 saturated carbocycles. The first-order chi connectivity index (χ1) is 9.81. The Morgan fingerprint density at radius 2 is 2.00 bits per heavy atom. The lowest BCUT2D eigenvalue weighted by Gasteiger charge is -2.12. The van der Waals surface area contributed by atoms with E-state index < -0.39 is 0 Å². The molecule has 0 aliphatic heterocycles. The second-order valence-electron chi connectivity index (χ2n) is 5.08. The molecule has 0 fully saturated rings. The summed E-state index contributed by atoms with van der Waals surface area (Å²) in [6.07, 6.45) is 3.20. The van der Waals surface area contributed by atoms with Crippen LogP contribution in [0.3, 0.4) is 0 Å². The van der Waals surface area contributed by atoms with Gasteiger partial charge >= 0.3 is 0 Å². The number of methoxy groups -OCH3 is 1. The van der Waals surface area contributed by atoms with Gasteiger partial charge in [-0.1, -0.05) is 24.3 Å². The van der Waals surface area contributed by atoms with Crippen molar-refractivity contribution < 1.29 is 4.74 Å². The number of nitrogens with zero attached hydrogens (tertiary/aromatic N) is 1. The van der Waals surface area contributed by atoms with Crippen LogP contribution in [-0.2, 0) is 17.8 Å². The number of nitrogens with one attached hydrogen (secondary N) is 1. The SMILES string of the molecule is COCCCNCc1cccn1Cc1ccccc1C. The fourth-order valence-corrected chi connectivity index (χ4v) is 2.29. The molecular weight excluding hydrogens is 248 g/mol. The number of rotatable bonds is 8. The van der Waals surface area contributed by atoms with Crippen LogP contribution in [0.2, 0.25) is 0 Å². The molecule has 0 unspecified atom stereocenters. The van der Waals surface area contributed by atoms with Crippen LogP contribution < -0.4 is 5.32 Å². The van der Waals surface area contributed by atoms with Crippen LogP contribution in [0, 0.1) is 6.92 Å². The van der Waals surface area contributed by atoms with Gasteiger partial charge in [0.15, 0.2) is 0 Å². The highest BCUT2D eigenvalue weighted by Crippen LogP contribution is 2.11. The first kappa shape index (κ1) is 14.8. The molecule has 0 bridgehead atoms. The summed E-state index contributed by atoms with van der Waals surface area (Å²) in [6.45, 7) is 5.82. The molecule has 2 aromatic rings. The monoisotopic (exact) mass is 272 g/mol. The number of benzene rings is 1. The van der Waals surface area contributed by atoms with E-state index in [4.69, 9.17) is 4.74 Å². The third kappa shape index (κ3) is 4.22. The molecule has 1 aromatic carbocycles. The Bertz CT molecular complexity index is 519. The fourth-order valence-electron chi connectivity index (χ4n) is 2.29. The highest BCUT2D eigenvalue weighted by Gasteiger charge is 2.03. The van der Waals surface area contributed by atoms with E-state index in [0.29, 0.717) is 0 Å². The van der Waals surface area contributed by atoms with E-state index in [9.17, 15) is 0 Å². The van der Waals surface area contributed by atoms with Gasteiger partial charge in [-0.2, -0.15) is 0 Å². The minimum absolute atomic E-state index is 0.817. The molecule has 2 rings (SSSR count). The van der Waals surface area contributed by atoms with E-state index in [-0.39, 0.29) is 0 Å². The van der Waals surface area contributed by atoms with Crippen LogP contribution in [0.4, 0.5) is 0 Å². The van der Waals surface area contributed by atoms with E-state index in [1.54, 1.807) is 7.11 Å². The first-order valence-electron chi connectivity index (χ1n) is 7.19. The summed E-state index contributed by atoms with van der Waals surface area (Å²) in [5, 5.41) is 3.46. The quantitative estimate of drug-likeness (QED) is 0.748. The van der Waals surface area contributed by atoms with E-state index in [1.807, 2.05) is 0 Å². The normalized spacial score (nSPS) is 10.9. The van der Waals surface area contributed by atoms with Crippen molar-refractivity contribution in [3.8, 4) is 0 Å². The minimum Gasteiger partial charge on any atom is -0.385 e. The molecule has 108 valence electrons. The minimum atomic E-state index is 0.817. The van der Waals surface area contributed by atoms with Gasteiger partial charge in [-0.05, 0) is 43.1 Å². The molecule has 1 heterocycles. The van der Waals surface area contributed by atoms with Gasteiger partial charge in [-0.3, -0.25) is 0 Å². The maximum Gasteiger partial charge on any atom is 0.0476 e. The van der Waals surface area contributed by atoms with Gasteiger partial charge in [0, 0.05) is 38.7 Å². The van der Waals surface area contributed by atoms with Gasteiger partial charge in [-0.15, -0.1) is 0 Å². The third-order valence-electron chi connectivity index (χ3n) is 3.53. The average molecular weight is 272 g/mol. The molecule has 1 N–H and O–H groups in total. The molecule has 0 saturated heterocycles. The van der Waals surface area contributed by atoms with Gasteiger partial charge in [-0.25, -0.2) is 0 Å². The predicted molar refractivity (Wildman–Crippen MR) is 82.9 cm³/mol. The standard InChI is InChI=1S/C17H24N2O/c1-15-7-3-4-8-16(15)14-19-11-5-9-17(19)13-18-10-6-12-20-2/h3-5,7-9,11,18H,6,10,12-14H2,1-2H3. The van der Waals surface area contributed by atoms with Crippen LogP contribution in [0.25, 0.3) is 0 Å². The summed E-state index contributed by atoms with van der Waals surface area (Å²) in [7, 11) is 1.74. The Morgan fingerprint density at radius 1 is 1.15 bits per heavy atom. The highest BCUT2D eigenvalue weighted by atomic mass is 16.5. The van der Waals surface area contributed by atoms with E-state index in [2.05, 4.69) is 59.4 Å². The molecule has 0 atom stereocenters. The topological polar surface area (TPSA) is 26.2 Å². The molecule has 3 nitrogen and oxygen atoms in total. The van der Waals surface area contributed by atoms with E-state index in [0.717, 1.165) is 32.7 Å². The Labute approximate surface area is 121 Å². The van der Waals surface area contributed by atoms with Crippen LogP contribution in [0.5, 0.6) is 0 Å². The van der Waals surface area contributed by atoms with Crippen molar-refractivity contribution in [3.63, 3.8) is 0 Å². The highest BCUT2D eigenvalue weighted by molar-refractivity contribution is 5.26. The molecule has 0 amide bonds. The van der Waals surface area contributed by atoms with Gasteiger partial charge in [0.2, 0.25) is 0 Å². The molecule has 0 spiro atoms. The largest absolute Gasteiger partial charge is 0.385 e. The molecule has 20 heavy (non-hydrogen) atoms. The van der Waals surface area contributed by atoms with Crippen LogP contribution in [0.15, 0.2) is 42.6 Å². The fraction of sp³-hybridized carbons (Fsp3) is 0.412. The maximum absolute atomic E-state index is 5.05. The summed E-state index contributed by atoms with van der Waals surface area (Å²) in [6, 6.07) is 12.9. The Hall–Kier alpha value is -1.58. The molecule has 0 radical (unpaired) electrons. The number of hydrogen-bond acceptors (Lipinski definition) is 2. The number of ether oxygens (including phenoxy) is 1. The Balaban J connectivity index is 1.90. The Kier molecular flexibility index (Phi) is 5.84. The maximum atomic E-state index is 5.05. The van der Waals surface area contributed by atoms with Gasteiger partial charge in [0.1, 0.15) is 0 Å². The van der Waals surface area contributed by atoms with Gasteiger partial charge < -0.3 is 14.6 Å². The summed E-state index contributed by atoms with van der Waals surface area (Å²) >= 11 is 0. The second-order valence-corrected chi connectivity index (χ2v) is 5.08.